The number of hydrogen-bond donors (Lipinski definition) is 0. The Bertz CT molecular complexity index is 555. The lowest BCUT2D eigenvalue weighted by atomic mass is 10.4. The van der Waals surface area contributed by atoms with E-state index in [0.717, 1.165) is 0 Å². The number of ether oxygens (including phenoxy) is 2. The summed E-state index contributed by atoms with van der Waals surface area (Å²) < 4.78 is 26.7. The van der Waals surface area contributed by atoms with Crippen molar-refractivity contribution in [1.29, 1.82) is 0 Å². The van der Waals surface area contributed by atoms with Gasteiger partial charge in [-0.2, -0.15) is 0 Å². The van der Waals surface area contributed by atoms with E-state index in [4.69, 9.17) is 14.0 Å². The molecule has 0 radical (unpaired) electrons. The van der Waals surface area contributed by atoms with Crippen LogP contribution in [0.1, 0.15) is 19.8 Å². The minimum atomic E-state index is -1.96. The molecule has 0 fully saturated rings. The number of benzene rings is 1. The Hall–Kier alpha value is -2.04. The fourth-order valence-electron chi connectivity index (χ4n) is 1.44. The van der Waals surface area contributed by atoms with E-state index in [1.807, 2.05) is 6.07 Å². The Morgan fingerprint density at radius 3 is 2.39 bits per heavy atom. The van der Waals surface area contributed by atoms with Crippen molar-refractivity contribution >= 4 is 25.3 Å². The Morgan fingerprint density at radius 1 is 1.09 bits per heavy atom. The zero-order valence-electron chi connectivity index (χ0n) is 13.0. The quantitative estimate of drug-likeness (QED) is 0.282. The molecule has 0 N–H and O–H groups in total. The molecule has 0 saturated carbocycles. The summed E-state index contributed by atoms with van der Waals surface area (Å²) in [5.74, 6) is -0.915. The highest BCUT2D eigenvalue weighted by atomic mass is 31.1. The van der Waals surface area contributed by atoms with Gasteiger partial charge in [0.25, 0.3) is 0 Å². The molecule has 0 saturated heterocycles. The fourth-order valence-corrected chi connectivity index (χ4v) is 2.26. The van der Waals surface area contributed by atoms with Crippen LogP contribution in [0.4, 0.5) is 0 Å². The summed E-state index contributed by atoms with van der Waals surface area (Å²) >= 11 is 0. The van der Waals surface area contributed by atoms with Crippen molar-refractivity contribution in [3.8, 4) is 0 Å². The summed E-state index contributed by atoms with van der Waals surface area (Å²) in [5.41, 5.74) is 0.326. The first-order valence-electron chi connectivity index (χ1n) is 7.14. The summed E-state index contributed by atoms with van der Waals surface area (Å²) in [6.45, 7) is 5.34. The Kier molecular flexibility index (Phi) is 8.80. The molecule has 7 heteroatoms. The molecule has 0 aliphatic heterocycles. The van der Waals surface area contributed by atoms with Gasteiger partial charge in [-0.25, -0.2) is 4.79 Å². The van der Waals surface area contributed by atoms with Crippen LogP contribution in [0, 0.1) is 0 Å². The van der Waals surface area contributed by atoms with Crippen molar-refractivity contribution in [3.63, 3.8) is 0 Å². The van der Waals surface area contributed by atoms with E-state index < -0.39 is 20.0 Å². The molecule has 23 heavy (non-hydrogen) atoms. The van der Waals surface area contributed by atoms with Gasteiger partial charge < -0.3 is 9.47 Å². The van der Waals surface area contributed by atoms with Gasteiger partial charge in [0.1, 0.15) is 6.61 Å². The van der Waals surface area contributed by atoms with Crippen LogP contribution in [-0.4, -0.2) is 31.8 Å². The maximum atomic E-state index is 11.8. The van der Waals surface area contributed by atoms with Crippen molar-refractivity contribution in [2.24, 2.45) is 0 Å². The second-order valence-electron chi connectivity index (χ2n) is 4.67. The van der Waals surface area contributed by atoms with Crippen LogP contribution in [0.25, 0.3) is 0 Å². The lowest BCUT2D eigenvalue weighted by Gasteiger charge is -2.05. The van der Waals surface area contributed by atoms with Gasteiger partial charge in [0, 0.05) is 12.0 Å². The van der Waals surface area contributed by atoms with E-state index >= 15 is 0 Å². The third kappa shape index (κ3) is 8.24. The largest absolute Gasteiger partial charge is 0.548 e. The van der Waals surface area contributed by atoms with Gasteiger partial charge in [-0.15, -0.1) is 4.52 Å². The molecule has 0 aliphatic carbocycles. The van der Waals surface area contributed by atoms with E-state index in [-0.39, 0.29) is 26.2 Å². The van der Waals surface area contributed by atoms with Crippen molar-refractivity contribution in [3.05, 3.63) is 42.5 Å². The number of rotatable bonds is 10. The van der Waals surface area contributed by atoms with Crippen molar-refractivity contribution in [2.75, 3.05) is 19.8 Å². The zero-order chi connectivity index (χ0) is 17.1. The van der Waals surface area contributed by atoms with Gasteiger partial charge in [-0.1, -0.05) is 24.8 Å². The molecule has 6 nitrogen and oxygen atoms in total. The Balaban J connectivity index is 2.07. The summed E-state index contributed by atoms with van der Waals surface area (Å²) in [6.07, 6.45) is 0.420. The Morgan fingerprint density at radius 2 is 1.74 bits per heavy atom. The molecule has 1 atom stereocenters. The summed E-state index contributed by atoms with van der Waals surface area (Å²) in [6, 6.07) is 8.74. The van der Waals surface area contributed by atoms with E-state index in [9.17, 15) is 14.2 Å². The molecule has 0 aromatic heterocycles. The summed E-state index contributed by atoms with van der Waals surface area (Å²) in [7, 11) is -1.96. The van der Waals surface area contributed by atoms with E-state index in [1.54, 1.807) is 31.2 Å². The first-order chi connectivity index (χ1) is 11.0. The highest BCUT2D eigenvalue weighted by molar-refractivity contribution is 7.48. The van der Waals surface area contributed by atoms with Crippen LogP contribution in [0.5, 0.6) is 0 Å². The molecule has 0 heterocycles. The smallest absolute Gasteiger partial charge is 0.465 e. The number of hydrogen-bond acceptors (Lipinski definition) is 6. The topological polar surface area (TPSA) is 78.9 Å². The average molecular weight is 339 g/mol. The molecule has 1 aromatic carbocycles. The summed E-state index contributed by atoms with van der Waals surface area (Å²) in [4.78, 5) is 22.5. The van der Waals surface area contributed by atoms with Crippen LogP contribution in [0.2, 0.25) is 0 Å². The number of carbonyl (C=O) groups is 2. The number of carbonyl (C=O) groups excluding carboxylic acids is 2. The van der Waals surface area contributed by atoms with Crippen LogP contribution < -0.4 is 5.30 Å². The van der Waals surface area contributed by atoms with Gasteiger partial charge in [-0.05, 0) is 23.6 Å². The predicted octanol–water partition coefficient (Wildman–Crippen LogP) is 2.51. The second kappa shape index (κ2) is 10.6. The number of esters is 2. The molecular formula is C16H20O6P+. The highest BCUT2D eigenvalue weighted by Gasteiger charge is 2.21. The molecule has 0 bridgehead atoms. The van der Waals surface area contributed by atoms with Crippen molar-refractivity contribution < 1.29 is 28.2 Å². The van der Waals surface area contributed by atoms with Gasteiger partial charge in [0.15, 0.2) is 0 Å². The molecule has 1 unspecified atom stereocenters. The first kappa shape index (κ1) is 19.0. The molecule has 0 aliphatic rings. The van der Waals surface area contributed by atoms with Gasteiger partial charge in [0.05, 0.1) is 19.6 Å². The minimum absolute atomic E-state index is 0.0134. The van der Waals surface area contributed by atoms with E-state index in [0.29, 0.717) is 17.3 Å². The van der Waals surface area contributed by atoms with Crippen molar-refractivity contribution in [1.82, 2.24) is 0 Å². The average Bonchev–Trinajstić information content (AvgIpc) is 2.54. The maximum absolute atomic E-state index is 11.8. The fraction of sp³-hybridized carbons (Fsp3) is 0.375. The zero-order valence-corrected chi connectivity index (χ0v) is 13.9. The highest BCUT2D eigenvalue weighted by Crippen LogP contribution is 2.21. The predicted molar refractivity (Wildman–Crippen MR) is 85.6 cm³/mol. The summed E-state index contributed by atoms with van der Waals surface area (Å²) in [5, 5.41) is 0.579. The third-order valence-corrected chi connectivity index (χ3v) is 3.75. The van der Waals surface area contributed by atoms with Crippen LogP contribution in [0.3, 0.4) is 0 Å². The molecule has 0 spiro atoms. The second-order valence-corrected chi connectivity index (χ2v) is 5.95. The normalized spacial score (nSPS) is 10.7. The molecule has 1 rings (SSSR count). The molecule has 124 valence electrons. The first-order valence-corrected chi connectivity index (χ1v) is 8.32. The lowest BCUT2D eigenvalue weighted by Crippen LogP contribution is -2.12. The van der Waals surface area contributed by atoms with Crippen LogP contribution in [-0.2, 0) is 28.2 Å². The molecule has 1 aromatic rings. The molecule has 0 amide bonds. The van der Waals surface area contributed by atoms with Crippen LogP contribution in [0.15, 0.2) is 42.5 Å². The van der Waals surface area contributed by atoms with Gasteiger partial charge in [-0.3, -0.25) is 4.79 Å². The van der Waals surface area contributed by atoms with E-state index in [1.165, 1.54) is 0 Å². The standard InChI is InChI=1S/C16H20O6P/c1-13(2)16(18)21-11-6-10-20-15(17)9-12-22-23(19)14-7-4-3-5-8-14/h3-5,7-8H,1,6,9-12H2,2H3/q+1. The van der Waals surface area contributed by atoms with Gasteiger partial charge in [0.2, 0.25) is 5.30 Å². The van der Waals surface area contributed by atoms with Crippen LogP contribution >= 0.6 is 8.03 Å². The Labute approximate surface area is 136 Å². The SMILES string of the molecule is C=C(C)C(=O)OCCCOC(=O)CCO[P+](=O)c1ccccc1. The monoisotopic (exact) mass is 339 g/mol. The third-order valence-electron chi connectivity index (χ3n) is 2.62. The lowest BCUT2D eigenvalue weighted by molar-refractivity contribution is -0.145. The minimum Gasteiger partial charge on any atom is -0.465 e. The van der Waals surface area contributed by atoms with E-state index in [2.05, 4.69) is 6.58 Å². The maximum Gasteiger partial charge on any atom is 0.548 e. The molecular weight excluding hydrogens is 319 g/mol. The van der Waals surface area contributed by atoms with Crippen molar-refractivity contribution in [2.45, 2.75) is 19.8 Å². The van der Waals surface area contributed by atoms with Gasteiger partial charge >= 0.3 is 20.0 Å².